The van der Waals surface area contributed by atoms with Crippen LogP contribution < -0.4 is 0 Å². The summed E-state index contributed by atoms with van der Waals surface area (Å²) in [7, 11) is -3.07. The predicted molar refractivity (Wildman–Crippen MR) is 91.5 cm³/mol. The van der Waals surface area contributed by atoms with E-state index in [0.29, 0.717) is 17.2 Å². The maximum absolute atomic E-state index is 12.8. The lowest BCUT2D eigenvalue weighted by atomic mass is 10.1. The minimum atomic E-state index is -3.07. The number of furan rings is 1. The van der Waals surface area contributed by atoms with Crippen LogP contribution in [0.15, 0.2) is 47.1 Å². The summed E-state index contributed by atoms with van der Waals surface area (Å²) in [6, 6.07) is 10.3. The zero-order valence-electron chi connectivity index (χ0n) is 13.0. The number of hydrogen-bond donors (Lipinski definition) is 0. The van der Waals surface area contributed by atoms with E-state index in [2.05, 4.69) is 0 Å². The van der Waals surface area contributed by atoms with Gasteiger partial charge in [-0.2, -0.15) is 0 Å². The fourth-order valence-electron chi connectivity index (χ4n) is 2.89. The number of carbonyl (C=O) groups is 1. The van der Waals surface area contributed by atoms with E-state index in [1.165, 1.54) is 0 Å². The van der Waals surface area contributed by atoms with Gasteiger partial charge in [-0.05, 0) is 36.2 Å². The van der Waals surface area contributed by atoms with E-state index in [1.807, 2.05) is 0 Å². The van der Waals surface area contributed by atoms with E-state index >= 15 is 0 Å². The molecule has 24 heavy (non-hydrogen) atoms. The molecule has 1 aromatic carbocycles. The van der Waals surface area contributed by atoms with Crippen molar-refractivity contribution >= 4 is 27.3 Å². The molecule has 1 saturated heterocycles. The maximum Gasteiger partial charge on any atom is 0.227 e. The first-order valence-corrected chi connectivity index (χ1v) is 9.89. The number of carbonyl (C=O) groups excluding carboxylic acids is 1. The lowest BCUT2D eigenvalue weighted by Crippen LogP contribution is -2.41. The molecule has 3 rings (SSSR count). The highest BCUT2D eigenvalue weighted by Crippen LogP contribution is 2.22. The van der Waals surface area contributed by atoms with Crippen LogP contribution in [0.3, 0.4) is 0 Å². The Hall–Kier alpha value is -1.79. The van der Waals surface area contributed by atoms with Crippen molar-refractivity contribution in [3.63, 3.8) is 0 Å². The van der Waals surface area contributed by atoms with Gasteiger partial charge >= 0.3 is 0 Å². The molecule has 0 bridgehead atoms. The topological polar surface area (TPSA) is 67.6 Å². The molecule has 1 fully saturated rings. The fraction of sp³-hybridized carbons (Fsp3) is 0.353. The molecular formula is C17H18ClNO4S. The molecule has 7 heteroatoms. The van der Waals surface area contributed by atoms with Gasteiger partial charge in [0.15, 0.2) is 9.84 Å². The quantitative estimate of drug-likeness (QED) is 0.814. The molecule has 2 aromatic rings. The second-order valence-electron chi connectivity index (χ2n) is 5.96. The summed E-state index contributed by atoms with van der Waals surface area (Å²) < 4.78 is 28.9. The Morgan fingerprint density at radius 2 is 2.00 bits per heavy atom. The first-order chi connectivity index (χ1) is 11.4. The van der Waals surface area contributed by atoms with Crippen molar-refractivity contribution in [2.75, 3.05) is 11.5 Å². The van der Waals surface area contributed by atoms with Gasteiger partial charge in [0.1, 0.15) is 5.76 Å². The highest BCUT2D eigenvalue weighted by atomic mass is 35.5. The Morgan fingerprint density at radius 3 is 2.58 bits per heavy atom. The monoisotopic (exact) mass is 367 g/mol. The standard InChI is InChI=1S/C17H18ClNO4S/c18-14-5-3-13(4-6-14)10-17(20)19(11-16-2-1-8-23-16)15-7-9-24(21,22)12-15/h1-6,8,15H,7,9-12H2/t15-/m0/s1. The van der Waals surface area contributed by atoms with Gasteiger partial charge < -0.3 is 9.32 Å². The van der Waals surface area contributed by atoms with Gasteiger partial charge in [-0.1, -0.05) is 23.7 Å². The molecule has 5 nitrogen and oxygen atoms in total. The zero-order valence-corrected chi connectivity index (χ0v) is 14.6. The molecule has 0 spiro atoms. The summed E-state index contributed by atoms with van der Waals surface area (Å²) in [5, 5.41) is 0.612. The van der Waals surface area contributed by atoms with E-state index in [-0.39, 0.29) is 36.4 Å². The van der Waals surface area contributed by atoms with Crippen LogP contribution in [0.5, 0.6) is 0 Å². The third-order valence-electron chi connectivity index (χ3n) is 4.14. The maximum atomic E-state index is 12.8. The van der Waals surface area contributed by atoms with Crippen LogP contribution >= 0.6 is 11.6 Å². The van der Waals surface area contributed by atoms with Gasteiger partial charge in [0.25, 0.3) is 0 Å². The van der Waals surface area contributed by atoms with Crippen LogP contribution in [0.1, 0.15) is 17.7 Å². The number of amides is 1. The largest absolute Gasteiger partial charge is 0.467 e. The Balaban J connectivity index is 1.78. The molecule has 1 amide bonds. The van der Waals surface area contributed by atoms with Crippen LogP contribution in [0, 0.1) is 0 Å². The average Bonchev–Trinajstić information content (AvgIpc) is 3.16. The molecular weight excluding hydrogens is 350 g/mol. The fourth-order valence-corrected chi connectivity index (χ4v) is 4.75. The van der Waals surface area contributed by atoms with Crippen molar-refractivity contribution < 1.29 is 17.6 Å². The van der Waals surface area contributed by atoms with E-state index in [0.717, 1.165) is 5.56 Å². The molecule has 2 heterocycles. The van der Waals surface area contributed by atoms with Crippen molar-refractivity contribution in [2.24, 2.45) is 0 Å². The highest BCUT2D eigenvalue weighted by Gasteiger charge is 2.34. The summed E-state index contributed by atoms with van der Waals surface area (Å²) in [4.78, 5) is 14.4. The predicted octanol–water partition coefficient (Wildman–Crippen LogP) is 2.69. The molecule has 0 unspecified atom stereocenters. The zero-order chi connectivity index (χ0) is 17.2. The van der Waals surface area contributed by atoms with Crippen LogP contribution in [0.4, 0.5) is 0 Å². The smallest absolute Gasteiger partial charge is 0.227 e. The van der Waals surface area contributed by atoms with Gasteiger partial charge in [0.2, 0.25) is 5.91 Å². The lowest BCUT2D eigenvalue weighted by Gasteiger charge is -2.27. The van der Waals surface area contributed by atoms with Crippen molar-refractivity contribution in [3.05, 3.63) is 59.0 Å². The Labute approximate surface area is 146 Å². The summed E-state index contributed by atoms with van der Waals surface area (Å²) in [6.07, 6.45) is 2.21. The van der Waals surface area contributed by atoms with Crippen molar-refractivity contribution in [1.29, 1.82) is 0 Å². The SMILES string of the molecule is O=C(Cc1ccc(Cl)cc1)N(Cc1ccco1)[C@H]1CCS(=O)(=O)C1. The Morgan fingerprint density at radius 1 is 1.25 bits per heavy atom. The molecule has 1 aromatic heterocycles. The molecule has 128 valence electrons. The normalized spacial score (nSPS) is 19.3. The summed E-state index contributed by atoms with van der Waals surface area (Å²) in [6.45, 7) is 0.277. The Kier molecular flexibility index (Phi) is 4.96. The first-order valence-electron chi connectivity index (χ1n) is 7.70. The molecule has 1 aliphatic heterocycles. The van der Waals surface area contributed by atoms with Crippen LogP contribution in [-0.2, 0) is 27.6 Å². The van der Waals surface area contributed by atoms with Crippen LogP contribution in [-0.4, -0.2) is 36.8 Å². The number of hydrogen-bond acceptors (Lipinski definition) is 4. The minimum absolute atomic E-state index is 0.0140. The van der Waals surface area contributed by atoms with Crippen molar-refractivity contribution in [1.82, 2.24) is 4.90 Å². The van der Waals surface area contributed by atoms with Gasteiger partial charge in [-0.3, -0.25) is 4.79 Å². The number of halogens is 1. The van der Waals surface area contributed by atoms with E-state index < -0.39 is 9.84 Å². The third-order valence-corrected chi connectivity index (χ3v) is 6.15. The summed E-state index contributed by atoms with van der Waals surface area (Å²) >= 11 is 5.87. The number of rotatable bonds is 5. The van der Waals surface area contributed by atoms with Gasteiger partial charge in [-0.15, -0.1) is 0 Å². The van der Waals surface area contributed by atoms with Gasteiger partial charge in [0, 0.05) is 11.1 Å². The average molecular weight is 368 g/mol. The van der Waals surface area contributed by atoms with E-state index in [4.69, 9.17) is 16.0 Å². The highest BCUT2D eigenvalue weighted by molar-refractivity contribution is 7.91. The number of sulfone groups is 1. The molecule has 1 aliphatic rings. The first kappa shape index (κ1) is 17.0. The number of benzene rings is 1. The molecule has 0 saturated carbocycles. The lowest BCUT2D eigenvalue weighted by molar-refractivity contribution is -0.133. The molecule has 0 radical (unpaired) electrons. The minimum Gasteiger partial charge on any atom is -0.467 e. The summed E-state index contributed by atoms with van der Waals surface area (Å²) in [5.74, 6) is 0.667. The van der Waals surface area contributed by atoms with Crippen LogP contribution in [0.25, 0.3) is 0 Å². The number of nitrogens with zero attached hydrogens (tertiary/aromatic N) is 1. The van der Waals surface area contributed by atoms with Crippen LogP contribution in [0.2, 0.25) is 5.02 Å². The summed E-state index contributed by atoms with van der Waals surface area (Å²) in [5.41, 5.74) is 0.842. The third kappa shape index (κ3) is 4.19. The molecule has 1 atom stereocenters. The van der Waals surface area contributed by atoms with Gasteiger partial charge in [0.05, 0.1) is 30.7 Å². The second-order valence-corrected chi connectivity index (χ2v) is 8.63. The second kappa shape index (κ2) is 6.99. The molecule has 0 N–H and O–H groups in total. The Bertz CT molecular complexity index is 800. The van der Waals surface area contributed by atoms with Crippen molar-refractivity contribution in [3.8, 4) is 0 Å². The van der Waals surface area contributed by atoms with E-state index in [1.54, 1.807) is 47.6 Å². The molecule has 0 aliphatic carbocycles. The van der Waals surface area contributed by atoms with E-state index in [9.17, 15) is 13.2 Å². The van der Waals surface area contributed by atoms with Crippen molar-refractivity contribution in [2.45, 2.75) is 25.4 Å². The van der Waals surface area contributed by atoms with Gasteiger partial charge in [-0.25, -0.2) is 8.42 Å².